The van der Waals surface area contributed by atoms with Crippen LogP contribution in [0.2, 0.25) is 5.02 Å². The maximum atomic E-state index is 13.3. The van der Waals surface area contributed by atoms with Crippen molar-refractivity contribution in [2.75, 3.05) is 0 Å². The lowest BCUT2D eigenvalue weighted by atomic mass is 10.1. The van der Waals surface area contributed by atoms with E-state index in [-0.39, 0.29) is 0 Å². The van der Waals surface area contributed by atoms with Gasteiger partial charge in [0.25, 0.3) is 0 Å². The van der Waals surface area contributed by atoms with Crippen LogP contribution in [0, 0.1) is 0 Å². The Kier molecular flexibility index (Phi) is 5.51. The summed E-state index contributed by atoms with van der Waals surface area (Å²) in [5.74, 6) is 0.315. The first-order chi connectivity index (χ1) is 13.1. The number of imidazole rings is 1. The number of hydrogen-bond acceptors (Lipinski definition) is 3. The maximum Gasteiger partial charge on any atom is 0.417 e. The molecular weight excluding hydrogens is 415 g/mol. The van der Waals surface area contributed by atoms with Crippen molar-refractivity contribution in [3.63, 3.8) is 0 Å². The van der Waals surface area contributed by atoms with Crippen LogP contribution in [-0.2, 0) is 23.2 Å². The number of aromatic nitrogens is 2. The molecule has 0 aliphatic rings. The normalized spacial score (nSPS) is 13.5. The molecule has 1 N–H and O–H groups in total. The molecule has 0 spiro atoms. The van der Waals surface area contributed by atoms with Crippen molar-refractivity contribution in [3.8, 4) is 0 Å². The number of aryl methyl sites for hydroxylation is 1. The molecule has 1 atom stereocenters. The molecule has 1 aromatic heterocycles. The number of rotatable bonds is 5. The first-order valence-corrected chi connectivity index (χ1v) is 9.87. The topological polar surface area (TPSA) is 64.0 Å². The Hall–Kier alpha value is -2.36. The zero-order valence-electron chi connectivity index (χ0n) is 14.5. The third-order valence-corrected chi connectivity index (χ3v) is 5.81. The molecule has 148 valence electrons. The Balaban J connectivity index is 2.09. The van der Waals surface area contributed by atoms with E-state index in [0.717, 1.165) is 18.2 Å². The van der Waals surface area contributed by atoms with E-state index in [2.05, 4.69) is 9.71 Å². The summed E-state index contributed by atoms with van der Waals surface area (Å²) in [5, 5.41) is 0.438. The van der Waals surface area contributed by atoms with E-state index in [0.29, 0.717) is 16.4 Å². The molecule has 28 heavy (non-hydrogen) atoms. The van der Waals surface area contributed by atoms with Gasteiger partial charge in [0.1, 0.15) is 11.9 Å². The minimum Gasteiger partial charge on any atom is -0.336 e. The molecule has 1 unspecified atom stereocenters. The summed E-state index contributed by atoms with van der Waals surface area (Å²) in [6, 6.07) is 9.30. The lowest BCUT2D eigenvalue weighted by Gasteiger charge is -2.21. The maximum absolute atomic E-state index is 13.3. The van der Waals surface area contributed by atoms with Gasteiger partial charge in [0.2, 0.25) is 10.0 Å². The van der Waals surface area contributed by atoms with Crippen LogP contribution < -0.4 is 4.72 Å². The number of benzene rings is 2. The zero-order valence-corrected chi connectivity index (χ0v) is 16.1. The van der Waals surface area contributed by atoms with E-state index in [1.807, 2.05) is 0 Å². The van der Waals surface area contributed by atoms with Gasteiger partial charge in [0, 0.05) is 24.5 Å². The second-order valence-corrected chi connectivity index (χ2v) is 8.11. The second-order valence-electron chi connectivity index (χ2n) is 6.00. The summed E-state index contributed by atoms with van der Waals surface area (Å²) in [6.07, 6.45) is -1.74. The largest absolute Gasteiger partial charge is 0.417 e. The second kappa shape index (κ2) is 7.57. The highest BCUT2D eigenvalue weighted by Crippen LogP contribution is 2.35. The van der Waals surface area contributed by atoms with Crippen molar-refractivity contribution >= 4 is 21.6 Å². The smallest absolute Gasteiger partial charge is 0.336 e. The van der Waals surface area contributed by atoms with Crippen LogP contribution in [-0.4, -0.2) is 18.0 Å². The van der Waals surface area contributed by atoms with Gasteiger partial charge in [0.15, 0.2) is 0 Å². The van der Waals surface area contributed by atoms with Crippen LogP contribution in [0.1, 0.15) is 23.0 Å². The third-order valence-electron chi connectivity index (χ3n) is 4.07. The van der Waals surface area contributed by atoms with E-state index in [4.69, 9.17) is 11.6 Å². The molecule has 2 aromatic carbocycles. The SMILES string of the molecule is Cn1ccnc1C(NS(=O)(=O)c1ccccc1C(F)(F)F)c1ccc(Cl)cc1. The summed E-state index contributed by atoms with van der Waals surface area (Å²) >= 11 is 5.89. The number of hydrogen-bond donors (Lipinski definition) is 1. The van der Waals surface area contributed by atoms with Crippen LogP contribution in [0.15, 0.2) is 65.8 Å². The van der Waals surface area contributed by atoms with Crippen molar-refractivity contribution in [1.82, 2.24) is 14.3 Å². The Morgan fingerprint density at radius 1 is 1.11 bits per heavy atom. The lowest BCUT2D eigenvalue weighted by Crippen LogP contribution is -2.32. The van der Waals surface area contributed by atoms with Gasteiger partial charge in [-0.2, -0.15) is 17.9 Å². The fourth-order valence-corrected chi connectivity index (χ4v) is 4.27. The molecule has 0 aliphatic carbocycles. The van der Waals surface area contributed by atoms with Crippen LogP contribution in [0.3, 0.4) is 0 Å². The fourth-order valence-electron chi connectivity index (χ4n) is 2.73. The van der Waals surface area contributed by atoms with Gasteiger partial charge in [-0.25, -0.2) is 13.4 Å². The minimum atomic E-state index is -4.82. The lowest BCUT2D eigenvalue weighted by molar-refractivity contribution is -0.139. The van der Waals surface area contributed by atoms with Crippen LogP contribution in [0.25, 0.3) is 0 Å². The molecule has 0 amide bonds. The predicted molar refractivity (Wildman–Crippen MR) is 98.3 cm³/mol. The average molecular weight is 430 g/mol. The first kappa shape index (κ1) is 20.4. The molecule has 0 saturated carbocycles. The molecule has 1 heterocycles. The quantitative estimate of drug-likeness (QED) is 0.662. The Morgan fingerprint density at radius 2 is 1.75 bits per heavy atom. The van der Waals surface area contributed by atoms with Crippen LogP contribution in [0.4, 0.5) is 13.2 Å². The van der Waals surface area contributed by atoms with E-state index in [1.165, 1.54) is 12.3 Å². The van der Waals surface area contributed by atoms with Gasteiger partial charge in [-0.15, -0.1) is 0 Å². The Morgan fingerprint density at radius 3 is 2.32 bits per heavy atom. The molecule has 0 saturated heterocycles. The number of nitrogens with zero attached hydrogens (tertiary/aromatic N) is 2. The first-order valence-electron chi connectivity index (χ1n) is 8.01. The highest BCUT2D eigenvalue weighted by molar-refractivity contribution is 7.89. The molecule has 3 rings (SSSR count). The standard InChI is InChI=1S/C18H15ClF3N3O2S/c1-25-11-10-23-17(25)16(12-6-8-13(19)9-7-12)24-28(26,27)15-5-3-2-4-14(15)18(20,21)22/h2-11,16,24H,1H3. The van der Waals surface area contributed by atoms with Crippen LogP contribution in [0.5, 0.6) is 0 Å². The third kappa shape index (κ3) is 4.21. The van der Waals surface area contributed by atoms with E-state index < -0.39 is 32.7 Å². The molecule has 5 nitrogen and oxygen atoms in total. The van der Waals surface area contributed by atoms with Crippen molar-refractivity contribution < 1.29 is 21.6 Å². The summed E-state index contributed by atoms with van der Waals surface area (Å²) in [6.45, 7) is 0. The molecular formula is C18H15ClF3N3O2S. The average Bonchev–Trinajstić information content (AvgIpc) is 3.06. The summed E-state index contributed by atoms with van der Waals surface area (Å²) in [4.78, 5) is 3.29. The van der Waals surface area contributed by atoms with Crippen molar-refractivity contribution in [2.45, 2.75) is 17.1 Å². The van der Waals surface area contributed by atoms with E-state index in [9.17, 15) is 21.6 Å². The summed E-state index contributed by atoms with van der Waals surface area (Å²) in [7, 11) is -2.87. The summed E-state index contributed by atoms with van der Waals surface area (Å²) in [5.41, 5.74) is -0.760. The molecule has 0 fully saturated rings. The highest BCUT2D eigenvalue weighted by Gasteiger charge is 2.38. The van der Waals surface area contributed by atoms with Gasteiger partial charge in [-0.3, -0.25) is 0 Å². The number of alkyl halides is 3. The molecule has 0 aliphatic heterocycles. The van der Waals surface area contributed by atoms with E-state index in [1.54, 1.807) is 42.1 Å². The van der Waals surface area contributed by atoms with Crippen LogP contribution >= 0.6 is 11.6 Å². The number of nitrogens with one attached hydrogen (secondary N) is 1. The monoisotopic (exact) mass is 429 g/mol. The minimum absolute atomic E-state index is 0.315. The van der Waals surface area contributed by atoms with Gasteiger partial charge < -0.3 is 4.57 Å². The Bertz CT molecular complexity index is 1080. The van der Waals surface area contributed by atoms with Crippen molar-refractivity contribution in [3.05, 3.63) is 82.9 Å². The van der Waals surface area contributed by atoms with Crippen molar-refractivity contribution in [1.29, 1.82) is 0 Å². The fraction of sp³-hybridized carbons (Fsp3) is 0.167. The predicted octanol–water partition coefficient (Wildman–Crippen LogP) is 4.16. The number of halogens is 4. The molecule has 3 aromatic rings. The molecule has 0 radical (unpaired) electrons. The number of sulfonamides is 1. The van der Waals surface area contributed by atoms with E-state index >= 15 is 0 Å². The van der Waals surface area contributed by atoms with Gasteiger partial charge in [0.05, 0.1) is 10.5 Å². The summed E-state index contributed by atoms with van der Waals surface area (Å²) < 4.78 is 69.6. The molecule has 10 heteroatoms. The van der Waals surface area contributed by atoms with Crippen molar-refractivity contribution in [2.24, 2.45) is 7.05 Å². The molecule has 0 bridgehead atoms. The van der Waals surface area contributed by atoms with Gasteiger partial charge in [-0.05, 0) is 29.8 Å². The highest BCUT2D eigenvalue weighted by atomic mass is 35.5. The zero-order chi connectivity index (χ0) is 20.5. The van der Waals surface area contributed by atoms with Gasteiger partial charge >= 0.3 is 6.18 Å². The van der Waals surface area contributed by atoms with Gasteiger partial charge in [-0.1, -0.05) is 35.9 Å². The Labute approximate surface area is 164 Å².